The SMILES string of the molecule is O=C(c1ccccc1)N1CCN(C2CN(C(=O)c3ccc(OCc4ccc5ccccc5n4)cc3)C2)CC1. The maximum absolute atomic E-state index is 13.0. The third-order valence-electron chi connectivity index (χ3n) is 7.43. The minimum Gasteiger partial charge on any atom is -0.487 e. The molecule has 0 bridgehead atoms. The van der Waals surface area contributed by atoms with Gasteiger partial charge in [-0.25, -0.2) is 4.98 Å². The minimum atomic E-state index is 0.0434. The first kappa shape index (κ1) is 24.1. The highest BCUT2D eigenvalue weighted by Crippen LogP contribution is 2.22. The second-order valence-electron chi connectivity index (χ2n) is 9.87. The van der Waals surface area contributed by atoms with Crippen molar-refractivity contribution in [3.05, 3.63) is 108 Å². The summed E-state index contributed by atoms with van der Waals surface area (Å²) in [4.78, 5) is 36.5. The van der Waals surface area contributed by atoms with E-state index in [2.05, 4.69) is 9.88 Å². The van der Waals surface area contributed by atoms with Gasteiger partial charge in [0.1, 0.15) is 12.4 Å². The Labute approximate surface area is 222 Å². The summed E-state index contributed by atoms with van der Waals surface area (Å²) in [6.45, 7) is 4.92. The van der Waals surface area contributed by atoms with Crippen LogP contribution in [0.5, 0.6) is 5.75 Å². The van der Waals surface area contributed by atoms with Crippen LogP contribution in [-0.4, -0.2) is 76.8 Å². The van der Waals surface area contributed by atoms with Crippen LogP contribution < -0.4 is 4.74 Å². The van der Waals surface area contributed by atoms with E-state index in [1.54, 1.807) is 0 Å². The van der Waals surface area contributed by atoms with E-state index in [1.165, 1.54) is 0 Å². The van der Waals surface area contributed by atoms with Gasteiger partial charge in [0.05, 0.1) is 11.2 Å². The van der Waals surface area contributed by atoms with E-state index in [9.17, 15) is 9.59 Å². The fraction of sp³-hybridized carbons (Fsp3) is 0.258. The van der Waals surface area contributed by atoms with Gasteiger partial charge in [0.2, 0.25) is 0 Å². The predicted octanol–water partition coefficient (Wildman–Crippen LogP) is 4.10. The molecule has 38 heavy (non-hydrogen) atoms. The number of rotatable bonds is 6. The Morgan fingerprint density at radius 3 is 2.13 bits per heavy atom. The summed E-state index contributed by atoms with van der Waals surface area (Å²) in [7, 11) is 0. The molecule has 2 amide bonds. The Morgan fingerprint density at radius 1 is 0.711 bits per heavy atom. The van der Waals surface area contributed by atoms with Crippen molar-refractivity contribution in [3.8, 4) is 5.75 Å². The zero-order chi connectivity index (χ0) is 25.9. The van der Waals surface area contributed by atoms with Crippen molar-refractivity contribution in [2.45, 2.75) is 12.6 Å². The number of carbonyl (C=O) groups is 2. The second-order valence-corrected chi connectivity index (χ2v) is 9.87. The maximum atomic E-state index is 13.0. The highest BCUT2D eigenvalue weighted by atomic mass is 16.5. The van der Waals surface area contributed by atoms with Gasteiger partial charge < -0.3 is 14.5 Å². The van der Waals surface area contributed by atoms with Gasteiger partial charge in [-0.05, 0) is 48.5 Å². The second kappa shape index (κ2) is 10.6. The number of hydrogen-bond acceptors (Lipinski definition) is 5. The van der Waals surface area contributed by atoms with Crippen molar-refractivity contribution in [2.75, 3.05) is 39.3 Å². The topological polar surface area (TPSA) is 66.0 Å². The van der Waals surface area contributed by atoms with Gasteiger partial charge in [0.15, 0.2) is 0 Å². The highest BCUT2D eigenvalue weighted by molar-refractivity contribution is 5.95. The van der Waals surface area contributed by atoms with Gasteiger partial charge in [0.25, 0.3) is 11.8 Å². The number of piperazine rings is 1. The number of aromatic nitrogens is 1. The molecule has 2 fully saturated rings. The van der Waals surface area contributed by atoms with Crippen LogP contribution in [0.15, 0.2) is 91.0 Å². The molecular weight excluding hydrogens is 476 g/mol. The molecule has 0 saturated carbocycles. The van der Waals surface area contributed by atoms with Gasteiger partial charge in [-0.15, -0.1) is 0 Å². The number of fused-ring (bicyclic) bond motifs is 1. The van der Waals surface area contributed by atoms with Gasteiger partial charge in [0, 0.05) is 61.8 Å². The first-order chi connectivity index (χ1) is 18.6. The van der Waals surface area contributed by atoms with E-state index < -0.39 is 0 Å². The van der Waals surface area contributed by atoms with Gasteiger partial charge >= 0.3 is 0 Å². The highest BCUT2D eigenvalue weighted by Gasteiger charge is 2.37. The lowest BCUT2D eigenvalue weighted by Crippen LogP contribution is -2.64. The number of benzene rings is 3. The van der Waals surface area contributed by atoms with E-state index in [0.717, 1.165) is 48.3 Å². The molecule has 0 aliphatic carbocycles. The minimum absolute atomic E-state index is 0.0434. The van der Waals surface area contributed by atoms with Crippen LogP contribution in [0.25, 0.3) is 10.9 Å². The summed E-state index contributed by atoms with van der Waals surface area (Å²) < 4.78 is 5.90. The molecular formula is C31H30N4O3. The van der Waals surface area contributed by atoms with Crippen LogP contribution in [-0.2, 0) is 6.61 Å². The molecule has 6 rings (SSSR count). The molecule has 2 aliphatic heterocycles. The molecule has 7 nitrogen and oxygen atoms in total. The molecule has 4 aromatic rings. The number of pyridine rings is 1. The summed E-state index contributed by atoms with van der Waals surface area (Å²) in [5, 5.41) is 1.10. The average Bonchev–Trinajstić information content (AvgIpc) is 2.96. The Kier molecular flexibility index (Phi) is 6.75. The molecule has 2 saturated heterocycles. The normalized spacial score (nSPS) is 16.3. The van der Waals surface area contributed by atoms with Gasteiger partial charge in [-0.3, -0.25) is 14.5 Å². The number of carbonyl (C=O) groups excluding carboxylic acids is 2. The lowest BCUT2D eigenvalue weighted by molar-refractivity contribution is 0.00853. The van der Waals surface area contributed by atoms with Crippen LogP contribution in [0, 0.1) is 0 Å². The molecule has 0 unspecified atom stereocenters. The zero-order valence-electron chi connectivity index (χ0n) is 21.2. The van der Waals surface area contributed by atoms with E-state index in [1.807, 2.05) is 101 Å². The number of hydrogen-bond donors (Lipinski definition) is 0. The number of ether oxygens (including phenoxy) is 1. The number of nitrogens with zero attached hydrogens (tertiary/aromatic N) is 4. The summed E-state index contributed by atoms with van der Waals surface area (Å²) in [6, 6.07) is 29.2. The monoisotopic (exact) mass is 506 g/mol. The quantitative estimate of drug-likeness (QED) is 0.394. The largest absolute Gasteiger partial charge is 0.487 e. The fourth-order valence-corrected chi connectivity index (χ4v) is 5.13. The lowest BCUT2D eigenvalue weighted by atomic mass is 10.0. The maximum Gasteiger partial charge on any atom is 0.253 e. The summed E-state index contributed by atoms with van der Waals surface area (Å²) in [5.74, 6) is 0.847. The first-order valence-corrected chi connectivity index (χ1v) is 13.1. The van der Waals surface area contributed by atoms with E-state index in [4.69, 9.17) is 4.74 Å². The lowest BCUT2D eigenvalue weighted by Gasteiger charge is -2.48. The van der Waals surface area contributed by atoms with Crippen molar-refractivity contribution in [1.82, 2.24) is 19.7 Å². The van der Waals surface area contributed by atoms with E-state index in [-0.39, 0.29) is 11.8 Å². The predicted molar refractivity (Wildman–Crippen MR) is 146 cm³/mol. The van der Waals surface area contributed by atoms with Crippen molar-refractivity contribution in [1.29, 1.82) is 0 Å². The van der Waals surface area contributed by atoms with Gasteiger partial charge in [-0.2, -0.15) is 0 Å². The smallest absolute Gasteiger partial charge is 0.253 e. The number of amides is 2. The summed E-state index contributed by atoms with van der Waals surface area (Å²) >= 11 is 0. The molecule has 7 heteroatoms. The van der Waals surface area contributed by atoms with Gasteiger partial charge in [-0.1, -0.05) is 42.5 Å². The van der Waals surface area contributed by atoms with Crippen molar-refractivity contribution in [3.63, 3.8) is 0 Å². The molecule has 0 spiro atoms. The van der Waals surface area contributed by atoms with E-state index >= 15 is 0 Å². The van der Waals surface area contributed by atoms with E-state index in [0.29, 0.717) is 37.1 Å². The zero-order valence-corrected chi connectivity index (χ0v) is 21.2. The molecule has 0 N–H and O–H groups in total. The van der Waals surface area contributed by atoms with Crippen LogP contribution in [0.4, 0.5) is 0 Å². The molecule has 3 aromatic carbocycles. The number of para-hydroxylation sites is 1. The van der Waals surface area contributed by atoms with Crippen molar-refractivity contribution in [2.24, 2.45) is 0 Å². The molecule has 192 valence electrons. The molecule has 3 heterocycles. The first-order valence-electron chi connectivity index (χ1n) is 13.1. The third kappa shape index (κ3) is 5.10. The third-order valence-corrected chi connectivity index (χ3v) is 7.43. The molecule has 0 radical (unpaired) electrons. The Hall–Kier alpha value is -4.23. The molecule has 2 aliphatic rings. The van der Waals surface area contributed by atoms with Crippen molar-refractivity contribution >= 4 is 22.7 Å². The van der Waals surface area contributed by atoms with Crippen molar-refractivity contribution < 1.29 is 14.3 Å². The van der Waals surface area contributed by atoms with Crippen LogP contribution in [0.1, 0.15) is 26.4 Å². The Balaban J connectivity index is 0.964. The molecule has 1 aromatic heterocycles. The van der Waals surface area contributed by atoms with Crippen LogP contribution in [0.3, 0.4) is 0 Å². The van der Waals surface area contributed by atoms with Crippen LogP contribution >= 0.6 is 0 Å². The average molecular weight is 507 g/mol. The standard InChI is InChI=1S/C31H30N4O3/c36-30(24-7-2-1-3-8-24)34-18-16-33(17-19-34)27-20-35(21-27)31(37)25-11-14-28(15-12-25)38-22-26-13-10-23-6-4-5-9-29(23)32-26/h1-15,27H,16-22H2. The Morgan fingerprint density at radius 2 is 1.37 bits per heavy atom. The summed E-state index contributed by atoms with van der Waals surface area (Å²) in [5.41, 5.74) is 3.21. The van der Waals surface area contributed by atoms with Crippen LogP contribution in [0.2, 0.25) is 0 Å². The Bertz CT molecular complexity index is 1430. The number of likely N-dealkylation sites (tertiary alicyclic amines) is 1. The fourth-order valence-electron chi connectivity index (χ4n) is 5.13. The molecule has 0 atom stereocenters. The summed E-state index contributed by atoms with van der Waals surface area (Å²) in [6.07, 6.45) is 0.